The molecule has 92 valence electrons. The summed E-state index contributed by atoms with van der Waals surface area (Å²) in [6.45, 7) is 0. The van der Waals surface area contributed by atoms with Gasteiger partial charge in [-0.15, -0.1) is 0 Å². The number of halogens is 2. The Kier molecular flexibility index (Phi) is 7.48. The van der Waals surface area contributed by atoms with Crippen molar-refractivity contribution in [3.05, 3.63) is 60.7 Å². The molecule has 2 aromatic carbocycles. The molecule has 0 saturated carbocycles. The van der Waals surface area contributed by atoms with E-state index in [0.717, 1.165) is 10.6 Å². The molecule has 2 rings (SSSR count). The summed E-state index contributed by atoms with van der Waals surface area (Å²) < 4.78 is 12.0. The van der Waals surface area contributed by atoms with E-state index in [1.807, 2.05) is 60.7 Å². The van der Waals surface area contributed by atoms with Crippen LogP contribution in [-0.2, 0) is 17.2 Å². The van der Waals surface area contributed by atoms with E-state index in [-0.39, 0.29) is 0 Å². The Labute approximate surface area is 116 Å². The zero-order valence-corrected chi connectivity index (χ0v) is 12.1. The molecule has 0 aliphatic rings. The number of hydrogen-bond acceptors (Lipinski definition) is 1. The molecule has 2 aromatic rings. The van der Waals surface area contributed by atoms with Crippen LogP contribution in [-0.4, -0.2) is 0 Å². The molecule has 0 bridgehead atoms. The van der Waals surface area contributed by atoms with Crippen LogP contribution in [0.2, 0.25) is 0 Å². The predicted molar refractivity (Wildman–Crippen MR) is 71.5 cm³/mol. The van der Waals surface area contributed by atoms with Gasteiger partial charge in [0.15, 0.2) is 10.6 Å². The van der Waals surface area contributed by atoms with Gasteiger partial charge >= 0.3 is 40.8 Å². The molecule has 1 nitrogen and oxygen atoms in total. The summed E-state index contributed by atoms with van der Waals surface area (Å²) in [7, 11) is 7.98. The van der Waals surface area contributed by atoms with Gasteiger partial charge in [-0.25, -0.2) is 0 Å². The van der Waals surface area contributed by atoms with Gasteiger partial charge in [-0.3, -0.25) is 0 Å². The molecule has 17 heavy (non-hydrogen) atoms. The molecule has 5 heteroatoms. The Morgan fingerprint density at radius 2 is 1.06 bits per heavy atom. The quantitative estimate of drug-likeness (QED) is 0.604. The van der Waals surface area contributed by atoms with E-state index in [4.69, 9.17) is 20.4 Å². The Balaban J connectivity index is 0.000000437. The summed E-state index contributed by atoms with van der Waals surface area (Å²) in [6.07, 6.45) is 0. The second kappa shape index (κ2) is 8.67. The van der Waals surface area contributed by atoms with Crippen molar-refractivity contribution < 1.29 is 17.2 Å². The standard InChI is InChI=1S/C12H10OP.2ClH.Ni/c13-14(11-7-3-1-4-8-11)12-9-5-2-6-10-12;;;/h1-10H;2*1H;/q+1;;;+2/p-2. The van der Waals surface area contributed by atoms with Gasteiger partial charge in [0.25, 0.3) is 0 Å². The van der Waals surface area contributed by atoms with Gasteiger partial charge in [-0.2, -0.15) is 0 Å². The molecule has 0 aliphatic heterocycles. The van der Waals surface area contributed by atoms with Crippen molar-refractivity contribution in [1.82, 2.24) is 0 Å². The van der Waals surface area contributed by atoms with Crippen molar-refractivity contribution in [2.75, 3.05) is 0 Å². The maximum atomic E-state index is 12.0. The molecule has 0 radical (unpaired) electrons. The van der Waals surface area contributed by atoms with E-state index in [2.05, 4.69) is 0 Å². The molecule has 0 amide bonds. The Hall–Kier alpha value is -0.386. The summed E-state index contributed by atoms with van der Waals surface area (Å²) in [5.41, 5.74) is 0. The van der Waals surface area contributed by atoms with Crippen molar-refractivity contribution in [2.24, 2.45) is 0 Å². The monoisotopic (exact) mass is 329 g/mol. The van der Waals surface area contributed by atoms with E-state index in [1.54, 1.807) is 0 Å². The summed E-state index contributed by atoms with van der Waals surface area (Å²) >= 11 is 0.569. The zero-order chi connectivity index (χ0) is 12.5. The fourth-order valence-electron chi connectivity index (χ4n) is 1.28. The van der Waals surface area contributed by atoms with Crippen LogP contribution in [0.1, 0.15) is 0 Å². The van der Waals surface area contributed by atoms with Gasteiger partial charge in [-0.1, -0.05) is 41.0 Å². The van der Waals surface area contributed by atoms with Crippen LogP contribution in [0.15, 0.2) is 60.7 Å². The fraction of sp³-hybridized carbons (Fsp3) is 0. The molecule has 0 saturated heterocycles. The maximum absolute atomic E-state index is 12.0. The molecule has 0 heterocycles. The van der Waals surface area contributed by atoms with Gasteiger partial charge in [0, 0.05) is 0 Å². The second-order valence-corrected chi connectivity index (χ2v) is 6.26. The first-order chi connectivity index (χ1) is 8.29. The van der Waals surface area contributed by atoms with Crippen LogP contribution in [0.5, 0.6) is 0 Å². The summed E-state index contributed by atoms with van der Waals surface area (Å²) in [4.78, 5) is 0. The molecule has 0 fully saturated rings. The van der Waals surface area contributed by atoms with Gasteiger partial charge in [0.05, 0.1) is 0 Å². The van der Waals surface area contributed by atoms with Crippen LogP contribution in [0.3, 0.4) is 0 Å². The molecule has 0 spiro atoms. The van der Waals surface area contributed by atoms with Crippen LogP contribution in [0.4, 0.5) is 0 Å². The number of hydrogen-bond donors (Lipinski definition) is 0. The average molecular weight is 331 g/mol. The van der Waals surface area contributed by atoms with Crippen molar-refractivity contribution in [3.8, 4) is 0 Å². The Morgan fingerprint density at radius 1 is 0.765 bits per heavy atom. The second-order valence-electron chi connectivity index (χ2n) is 3.01. The topological polar surface area (TPSA) is 17.1 Å². The van der Waals surface area contributed by atoms with E-state index in [9.17, 15) is 4.57 Å². The van der Waals surface area contributed by atoms with Crippen molar-refractivity contribution in [1.29, 1.82) is 0 Å². The Bertz CT molecular complexity index is 409. The van der Waals surface area contributed by atoms with Crippen LogP contribution < -0.4 is 10.6 Å². The third kappa shape index (κ3) is 5.19. The van der Waals surface area contributed by atoms with Gasteiger partial charge in [0.1, 0.15) is 0 Å². The average Bonchev–Trinajstić information content (AvgIpc) is 2.41. The Morgan fingerprint density at radius 3 is 1.35 bits per heavy atom. The number of rotatable bonds is 2. The third-order valence-corrected chi connectivity index (χ3v) is 3.52. The minimum absolute atomic E-state index is 0.569. The first-order valence-corrected chi connectivity index (χ1v) is 8.67. The third-order valence-electron chi connectivity index (χ3n) is 1.98. The molecular weight excluding hydrogens is 321 g/mol. The first kappa shape index (κ1) is 14.7. The van der Waals surface area contributed by atoms with E-state index in [1.165, 1.54) is 0 Å². The van der Waals surface area contributed by atoms with E-state index < -0.39 is 7.80 Å². The van der Waals surface area contributed by atoms with E-state index in [0.29, 0.717) is 12.7 Å². The molecule has 0 unspecified atom stereocenters. The predicted octanol–water partition coefficient (Wildman–Crippen LogP) is 3.84. The molecule has 0 N–H and O–H groups in total. The van der Waals surface area contributed by atoms with Crippen LogP contribution in [0.25, 0.3) is 0 Å². The van der Waals surface area contributed by atoms with Crippen molar-refractivity contribution in [2.45, 2.75) is 0 Å². The summed E-state index contributed by atoms with van der Waals surface area (Å²) in [5, 5.41) is 1.77. The van der Waals surface area contributed by atoms with Gasteiger partial charge in [-0.05, 0) is 24.3 Å². The van der Waals surface area contributed by atoms with Crippen LogP contribution in [0, 0.1) is 0 Å². The van der Waals surface area contributed by atoms with E-state index >= 15 is 0 Å². The number of benzene rings is 2. The molecule has 0 aliphatic carbocycles. The SMILES string of the molecule is O=[P+](c1ccccc1)c1ccccc1.[Cl][Ni][Cl]. The molecular formula is C12H10Cl2NiOP+. The van der Waals surface area contributed by atoms with Gasteiger partial charge in [0.2, 0.25) is 0 Å². The fourth-order valence-corrected chi connectivity index (χ4v) is 2.46. The van der Waals surface area contributed by atoms with Crippen molar-refractivity contribution >= 4 is 38.8 Å². The summed E-state index contributed by atoms with van der Waals surface area (Å²) in [6, 6.07) is 19.1. The van der Waals surface area contributed by atoms with Gasteiger partial charge < -0.3 is 0 Å². The molecule has 0 aromatic heterocycles. The minimum atomic E-state index is -1.42. The zero-order valence-electron chi connectivity index (χ0n) is 8.70. The molecule has 0 atom stereocenters. The first-order valence-electron chi connectivity index (χ1n) is 4.69. The summed E-state index contributed by atoms with van der Waals surface area (Å²) in [5.74, 6) is 0. The van der Waals surface area contributed by atoms with Crippen LogP contribution >= 0.6 is 28.2 Å². The van der Waals surface area contributed by atoms with Crippen molar-refractivity contribution in [3.63, 3.8) is 0 Å². The normalized spacial score (nSPS) is 9.29.